The van der Waals surface area contributed by atoms with Gasteiger partial charge in [-0.2, -0.15) is 31.4 Å². The summed E-state index contributed by atoms with van der Waals surface area (Å²) in [5.41, 5.74) is -3.12. The first kappa shape index (κ1) is 29.8. The summed E-state index contributed by atoms with van der Waals surface area (Å²) in [6, 6.07) is 0.569. The number of hydrogen-bond acceptors (Lipinski definition) is 7. The van der Waals surface area contributed by atoms with Crippen molar-refractivity contribution in [3.05, 3.63) is 41.1 Å². The quantitative estimate of drug-likeness (QED) is 0.337. The van der Waals surface area contributed by atoms with Gasteiger partial charge < -0.3 is 10.6 Å². The summed E-state index contributed by atoms with van der Waals surface area (Å²) in [6.07, 6.45) is -5.55. The Balaban J connectivity index is 1.38. The second-order valence-electron chi connectivity index (χ2n) is 12.0. The lowest BCUT2D eigenvalue weighted by Gasteiger charge is -2.29. The summed E-state index contributed by atoms with van der Waals surface area (Å²) >= 11 is 0. The molecule has 4 heterocycles. The van der Waals surface area contributed by atoms with Gasteiger partial charge in [0.25, 0.3) is 5.91 Å². The first-order chi connectivity index (χ1) is 19.5. The van der Waals surface area contributed by atoms with Crippen molar-refractivity contribution in [1.82, 2.24) is 35.5 Å². The summed E-state index contributed by atoms with van der Waals surface area (Å²) in [6.45, 7) is 3.07. The third-order valence-corrected chi connectivity index (χ3v) is 8.11. The Morgan fingerprint density at radius 2 is 1.93 bits per heavy atom. The molecule has 10 nitrogen and oxygen atoms in total. The number of carbonyl (C=O) groups is 2. The molecule has 0 aromatic carbocycles. The number of halogens is 6. The van der Waals surface area contributed by atoms with E-state index >= 15 is 0 Å². The van der Waals surface area contributed by atoms with E-state index in [1.54, 1.807) is 0 Å². The van der Waals surface area contributed by atoms with Gasteiger partial charge in [-0.15, -0.1) is 0 Å². The Kier molecular flexibility index (Phi) is 7.24. The maximum absolute atomic E-state index is 13.6. The van der Waals surface area contributed by atoms with Crippen molar-refractivity contribution < 1.29 is 40.6 Å². The van der Waals surface area contributed by atoms with E-state index in [-0.39, 0.29) is 42.2 Å². The average molecular weight is 602 g/mol. The topological polar surface area (TPSA) is 127 Å². The number of aromatic nitrogens is 5. The predicted octanol–water partition coefficient (Wildman–Crippen LogP) is 4.83. The molecule has 2 fully saturated rings. The van der Waals surface area contributed by atoms with Crippen molar-refractivity contribution >= 4 is 17.5 Å². The van der Waals surface area contributed by atoms with Crippen LogP contribution in [0.1, 0.15) is 92.3 Å². The molecular weight excluding hydrogens is 572 g/mol. The molecule has 0 spiro atoms. The molecule has 228 valence electrons. The molecule has 2 aliphatic rings. The summed E-state index contributed by atoms with van der Waals surface area (Å²) < 4.78 is 87.1. The van der Waals surface area contributed by atoms with E-state index in [1.807, 2.05) is 5.32 Å². The van der Waals surface area contributed by atoms with Crippen LogP contribution in [0, 0.1) is 11.3 Å². The van der Waals surface area contributed by atoms with E-state index in [0.717, 1.165) is 33.6 Å². The van der Waals surface area contributed by atoms with Gasteiger partial charge in [0.05, 0.1) is 29.5 Å². The highest BCUT2D eigenvalue weighted by Crippen LogP contribution is 2.43. The van der Waals surface area contributed by atoms with E-state index < -0.39 is 53.5 Å². The van der Waals surface area contributed by atoms with E-state index in [0.29, 0.717) is 11.3 Å². The number of hydrogen-bond donors (Lipinski definition) is 2. The molecule has 1 saturated carbocycles. The number of alkyl halides is 6. The molecule has 42 heavy (non-hydrogen) atoms. The van der Waals surface area contributed by atoms with Crippen LogP contribution in [-0.2, 0) is 11.2 Å². The van der Waals surface area contributed by atoms with Gasteiger partial charge in [-0.05, 0) is 62.2 Å². The zero-order valence-corrected chi connectivity index (χ0v) is 22.9. The Morgan fingerprint density at radius 3 is 2.55 bits per heavy atom. The minimum Gasteiger partial charge on any atom is -0.342 e. The second-order valence-corrected chi connectivity index (χ2v) is 12.0. The summed E-state index contributed by atoms with van der Waals surface area (Å²) in [5, 5.41) is 16.5. The summed E-state index contributed by atoms with van der Waals surface area (Å²) in [7, 11) is 0. The van der Waals surface area contributed by atoms with Gasteiger partial charge in [-0.1, -0.05) is 19.0 Å². The van der Waals surface area contributed by atoms with Gasteiger partial charge in [0.15, 0.2) is 11.3 Å². The lowest BCUT2D eigenvalue weighted by Crippen LogP contribution is -2.51. The van der Waals surface area contributed by atoms with Crippen molar-refractivity contribution in [1.29, 1.82) is 0 Å². The third-order valence-electron chi connectivity index (χ3n) is 8.11. The second kappa shape index (κ2) is 10.2. The lowest BCUT2D eigenvalue weighted by atomic mass is 9.85. The van der Waals surface area contributed by atoms with Crippen molar-refractivity contribution in [3.63, 3.8) is 0 Å². The maximum atomic E-state index is 13.6. The normalized spacial score (nSPS) is 22.4. The summed E-state index contributed by atoms with van der Waals surface area (Å²) in [5.74, 6) is -2.29. The number of imidazole rings is 1. The number of amides is 2. The van der Waals surface area contributed by atoms with Crippen LogP contribution in [0.4, 0.5) is 26.3 Å². The van der Waals surface area contributed by atoms with Crippen LogP contribution in [0.15, 0.2) is 23.1 Å². The molecule has 1 saturated heterocycles. The van der Waals surface area contributed by atoms with Crippen LogP contribution in [0.25, 0.3) is 5.65 Å². The summed E-state index contributed by atoms with van der Waals surface area (Å²) in [4.78, 5) is 29.9. The lowest BCUT2D eigenvalue weighted by molar-refractivity contribution is -0.214. The van der Waals surface area contributed by atoms with Gasteiger partial charge in [0.2, 0.25) is 5.91 Å². The van der Waals surface area contributed by atoms with Crippen molar-refractivity contribution in [3.8, 4) is 0 Å². The molecule has 1 aliphatic carbocycles. The maximum Gasteiger partial charge on any atom is 0.411 e. The Hall–Kier alpha value is -3.72. The van der Waals surface area contributed by atoms with Crippen molar-refractivity contribution in [2.24, 2.45) is 11.3 Å². The van der Waals surface area contributed by atoms with Gasteiger partial charge in [0, 0.05) is 11.8 Å². The van der Waals surface area contributed by atoms with Crippen LogP contribution >= 0.6 is 0 Å². The van der Waals surface area contributed by atoms with Crippen LogP contribution in [0.3, 0.4) is 0 Å². The van der Waals surface area contributed by atoms with E-state index in [9.17, 15) is 35.9 Å². The third kappa shape index (κ3) is 5.79. The minimum absolute atomic E-state index is 0.0216. The molecule has 16 heteroatoms. The zero-order valence-electron chi connectivity index (χ0n) is 22.9. The molecule has 5 rings (SSSR count). The highest BCUT2D eigenvalue weighted by Gasteiger charge is 2.57. The average Bonchev–Trinajstić information content (AvgIpc) is 3.31. The number of fused-ring (bicyclic) bond motifs is 1. The molecule has 3 aromatic heterocycles. The molecular formula is C26H29F6N7O3. The Bertz CT molecular complexity index is 1490. The van der Waals surface area contributed by atoms with Crippen LogP contribution < -0.4 is 10.6 Å². The molecule has 0 bridgehead atoms. The molecule has 3 atom stereocenters. The Morgan fingerprint density at radius 1 is 1.21 bits per heavy atom. The first-order valence-electron chi connectivity index (χ1n) is 13.4. The van der Waals surface area contributed by atoms with Crippen molar-refractivity contribution in [2.45, 2.75) is 89.1 Å². The number of nitrogens with one attached hydrogen (secondary N) is 2. The van der Waals surface area contributed by atoms with Gasteiger partial charge in [-0.3, -0.25) is 9.59 Å². The molecule has 3 aromatic rings. The van der Waals surface area contributed by atoms with Crippen LogP contribution in [0.2, 0.25) is 0 Å². The molecule has 2 amide bonds. The number of rotatable bonds is 9. The van der Waals surface area contributed by atoms with E-state index in [2.05, 4.69) is 25.7 Å². The SMILES string of the molecule is CC(C)(CC[C@H](NC(=O)c1nonc1C1CC1)c1cn2ncc(C[C@@H]3C[C@@](C)(C(F)(F)F)NC3=O)cc2n1)C(F)(F)F. The smallest absolute Gasteiger partial charge is 0.342 e. The minimum atomic E-state index is -4.61. The fourth-order valence-corrected chi connectivity index (χ4v) is 5.01. The molecule has 2 N–H and O–H groups in total. The first-order valence-corrected chi connectivity index (χ1v) is 13.4. The van der Waals surface area contributed by atoms with Gasteiger partial charge >= 0.3 is 12.4 Å². The molecule has 0 unspecified atom stereocenters. The highest BCUT2D eigenvalue weighted by molar-refractivity contribution is 5.93. The van der Waals surface area contributed by atoms with E-state index in [4.69, 9.17) is 4.63 Å². The van der Waals surface area contributed by atoms with Gasteiger partial charge in [-0.25, -0.2) is 14.1 Å². The van der Waals surface area contributed by atoms with Crippen molar-refractivity contribution in [2.75, 3.05) is 0 Å². The fraction of sp³-hybridized carbons (Fsp3) is 0.615. The van der Waals surface area contributed by atoms with Crippen LogP contribution in [-0.4, -0.2) is 54.6 Å². The monoisotopic (exact) mass is 601 g/mol. The predicted molar refractivity (Wildman–Crippen MR) is 133 cm³/mol. The fourth-order valence-electron chi connectivity index (χ4n) is 5.01. The number of nitrogens with zero attached hydrogens (tertiary/aromatic N) is 5. The van der Waals surface area contributed by atoms with Crippen LogP contribution in [0.5, 0.6) is 0 Å². The highest BCUT2D eigenvalue weighted by atomic mass is 19.4. The number of carbonyl (C=O) groups excluding carboxylic acids is 2. The zero-order chi connectivity index (χ0) is 30.7. The molecule has 0 radical (unpaired) electrons. The largest absolute Gasteiger partial charge is 0.411 e. The van der Waals surface area contributed by atoms with E-state index in [1.165, 1.54) is 23.0 Å². The Labute approximate surface area is 235 Å². The molecule has 1 aliphatic heterocycles. The standard InChI is InChI=1S/C26H29F6N7O3/c1-23(2,25(27,28)29)7-6-16(35-22(41)20-19(14-4-5-14)37-42-38-20)17-12-39-18(34-17)9-13(11-33-39)8-15-10-24(3,26(30,31)32)36-21(15)40/h9,11-12,14-16H,4-8,10H2,1-3H3,(H,35,41)(H,36,40)/t15-,16+,24+/m1/s1. The van der Waals surface area contributed by atoms with Gasteiger partial charge in [0.1, 0.15) is 11.2 Å².